The molecule has 2 rings (SSSR count). The first kappa shape index (κ1) is 13.3. The zero-order chi connectivity index (χ0) is 11.8. The van der Waals surface area contributed by atoms with Crippen LogP contribution in [-0.2, 0) is 4.74 Å². The van der Waals surface area contributed by atoms with E-state index in [1.165, 1.54) is 64.7 Å². The predicted molar refractivity (Wildman–Crippen MR) is 71.4 cm³/mol. The van der Waals surface area contributed by atoms with Gasteiger partial charge in [-0.15, -0.1) is 0 Å². The highest BCUT2D eigenvalue weighted by molar-refractivity contribution is 4.65. The molecule has 0 aliphatic carbocycles. The van der Waals surface area contributed by atoms with Crippen molar-refractivity contribution in [3.8, 4) is 0 Å². The Kier molecular flexibility index (Phi) is 6.32. The Labute approximate surface area is 106 Å². The van der Waals surface area contributed by atoms with Crippen LogP contribution in [0.3, 0.4) is 0 Å². The van der Waals surface area contributed by atoms with Crippen molar-refractivity contribution >= 4 is 0 Å². The van der Waals surface area contributed by atoms with Crippen LogP contribution in [0.4, 0.5) is 0 Å². The molecule has 0 aromatic heterocycles. The average Bonchev–Trinajstić information content (AvgIpc) is 2.41. The quantitative estimate of drug-likeness (QED) is 0.660. The van der Waals surface area contributed by atoms with Gasteiger partial charge in [0.1, 0.15) is 0 Å². The molecule has 0 aromatic rings. The second-order valence-electron chi connectivity index (χ2n) is 5.42. The maximum atomic E-state index is 5.76. The van der Waals surface area contributed by atoms with Crippen LogP contribution in [-0.4, -0.2) is 62.3 Å². The molecular formula is C14H28N2O. The Morgan fingerprint density at radius 1 is 0.588 bits per heavy atom. The van der Waals surface area contributed by atoms with Gasteiger partial charge in [0.2, 0.25) is 0 Å². The molecule has 2 aliphatic heterocycles. The van der Waals surface area contributed by atoms with Crippen LogP contribution in [0.15, 0.2) is 0 Å². The summed E-state index contributed by atoms with van der Waals surface area (Å²) in [6.45, 7) is 9.28. The predicted octanol–water partition coefficient (Wildman–Crippen LogP) is 1.97. The highest BCUT2D eigenvalue weighted by atomic mass is 16.5. The normalized spacial score (nSPS) is 24.0. The zero-order valence-corrected chi connectivity index (χ0v) is 11.2. The lowest BCUT2D eigenvalue weighted by Gasteiger charge is -2.27. The molecule has 3 heteroatoms. The van der Waals surface area contributed by atoms with Gasteiger partial charge in [0.15, 0.2) is 0 Å². The molecule has 17 heavy (non-hydrogen) atoms. The van der Waals surface area contributed by atoms with E-state index in [-0.39, 0.29) is 0 Å². The third kappa shape index (κ3) is 5.36. The van der Waals surface area contributed by atoms with Crippen molar-refractivity contribution in [1.82, 2.24) is 9.80 Å². The summed E-state index contributed by atoms with van der Waals surface area (Å²) < 4.78 is 5.76. The molecule has 2 heterocycles. The van der Waals surface area contributed by atoms with Gasteiger partial charge in [-0.2, -0.15) is 0 Å². The summed E-state index contributed by atoms with van der Waals surface area (Å²) in [7, 11) is 0. The fourth-order valence-electron chi connectivity index (χ4n) is 2.86. The molecule has 0 spiro atoms. The average molecular weight is 240 g/mol. The summed E-state index contributed by atoms with van der Waals surface area (Å²) in [6.07, 6.45) is 8.38. The molecule has 0 N–H and O–H groups in total. The van der Waals surface area contributed by atoms with Gasteiger partial charge in [-0.3, -0.25) is 0 Å². The first-order chi connectivity index (χ1) is 8.45. The van der Waals surface area contributed by atoms with Gasteiger partial charge in [-0.05, 0) is 51.9 Å². The minimum absolute atomic E-state index is 0.924. The van der Waals surface area contributed by atoms with Gasteiger partial charge < -0.3 is 14.5 Å². The minimum Gasteiger partial charge on any atom is -0.379 e. The number of ether oxygens (including phenoxy) is 1. The topological polar surface area (TPSA) is 15.7 Å². The number of hydrogen-bond donors (Lipinski definition) is 0. The number of hydrogen-bond acceptors (Lipinski definition) is 3. The second-order valence-corrected chi connectivity index (χ2v) is 5.42. The molecule has 3 nitrogen and oxygen atoms in total. The van der Waals surface area contributed by atoms with E-state index in [9.17, 15) is 0 Å². The van der Waals surface area contributed by atoms with Gasteiger partial charge in [0, 0.05) is 13.1 Å². The van der Waals surface area contributed by atoms with Crippen molar-refractivity contribution in [1.29, 1.82) is 0 Å². The standard InChI is InChI=1S/C14H28N2O/c1-3-7-15(8-4-1)11-13-17-14-12-16-9-5-2-6-10-16/h1-14H2. The zero-order valence-electron chi connectivity index (χ0n) is 11.2. The van der Waals surface area contributed by atoms with Gasteiger partial charge in [0.25, 0.3) is 0 Å². The van der Waals surface area contributed by atoms with E-state index in [1.54, 1.807) is 0 Å². The van der Waals surface area contributed by atoms with Gasteiger partial charge in [-0.1, -0.05) is 12.8 Å². The van der Waals surface area contributed by atoms with E-state index in [4.69, 9.17) is 4.74 Å². The lowest BCUT2D eigenvalue weighted by atomic mass is 10.1. The van der Waals surface area contributed by atoms with E-state index in [0.717, 1.165) is 26.3 Å². The Balaban J connectivity index is 1.42. The largest absolute Gasteiger partial charge is 0.379 e. The maximum absolute atomic E-state index is 5.76. The molecular weight excluding hydrogens is 212 g/mol. The summed E-state index contributed by atoms with van der Waals surface area (Å²) in [5.41, 5.74) is 0. The molecule has 0 unspecified atom stereocenters. The number of piperidine rings is 2. The monoisotopic (exact) mass is 240 g/mol. The van der Waals surface area contributed by atoms with Crippen molar-refractivity contribution in [2.75, 3.05) is 52.5 Å². The Morgan fingerprint density at radius 2 is 1.00 bits per heavy atom. The van der Waals surface area contributed by atoms with Crippen LogP contribution < -0.4 is 0 Å². The second kappa shape index (κ2) is 8.06. The molecule has 0 aromatic carbocycles. The van der Waals surface area contributed by atoms with Crippen molar-refractivity contribution in [3.05, 3.63) is 0 Å². The lowest BCUT2D eigenvalue weighted by molar-refractivity contribution is 0.0739. The maximum Gasteiger partial charge on any atom is 0.0594 e. The van der Waals surface area contributed by atoms with Crippen LogP contribution in [0, 0.1) is 0 Å². The van der Waals surface area contributed by atoms with Crippen molar-refractivity contribution < 1.29 is 4.74 Å². The van der Waals surface area contributed by atoms with Crippen molar-refractivity contribution in [2.45, 2.75) is 38.5 Å². The first-order valence-electron chi connectivity index (χ1n) is 7.47. The van der Waals surface area contributed by atoms with Crippen LogP contribution in [0.25, 0.3) is 0 Å². The summed E-state index contributed by atoms with van der Waals surface area (Å²) in [4.78, 5) is 5.09. The SMILES string of the molecule is C1CCN(CCOCCN2CCCCC2)CC1. The van der Waals surface area contributed by atoms with E-state index in [0.29, 0.717) is 0 Å². The minimum atomic E-state index is 0.924. The van der Waals surface area contributed by atoms with Crippen LogP contribution in [0.1, 0.15) is 38.5 Å². The summed E-state index contributed by atoms with van der Waals surface area (Å²) in [5.74, 6) is 0. The smallest absolute Gasteiger partial charge is 0.0594 e. The molecule has 0 amide bonds. The van der Waals surface area contributed by atoms with Crippen molar-refractivity contribution in [3.63, 3.8) is 0 Å². The molecule has 2 aliphatic rings. The number of rotatable bonds is 6. The molecule has 2 fully saturated rings. The highest BCUT2D eigenvalue weighted by Crippen LogP contribution is 2.08. The van der Waals surface area contributed by atoms with Crippen molar-refractivity contribution in [2.24, 2.45) is 0 Å². The van der Waals surface area contributed by atoms with E-state index in [1.807, 2.05) is 0 Å². The van der Waals surface area contributed by atoms with E-state index in [2.05, 4.69) is 9.80 Å². The molecule has 100 valence electrons. The third-order valence-corrected chi connectivity index (χ3v) is 4.00. The van der Waals surface area contributed by atoms with Gasteiger partial charge in [0.05, 0.1) is 13.2 Å². The Bertz CT molecular complexity index is 167. The van der Waals surface area contributed by atoms with Crippen LogP contribution >= 0.6 is 0 Å². The van der Waals surface area contributed by atoms with Gasteiger partial charge >= 0.3 is 0 Å². The molecule has 0 saturated carbocycles. The molecule has 2 saturated heterocycles. The van der Waals surface area contributed by atoms with Crippen LogP contribution in [0.2, 0.25) is 0 Å². The number of likely N-dealkylation sites (tertiary alicyclic amines) is 2. The first-order valence-corrected chi connectivity index (χ1v) is 7.47. The molecule has 0 radical (unpaired) electrons. The molecule has 0 atom stereocenters. The summed E-state index contributed by atoms with van der Waals surface area (Å²) in [5, 5.41) is 0. The van der Waals surface area contributed by atoms with Crippen LogP contribution in [0.5, 0.6) is 0 Å². The van der Waals surface area contributed by atoms with E-state index < -0.39 is 0 Å². The lowest BCUT2D eigenvalue weighted by Crippen LogP contribution is -2.35. The van der Waals surface area contributed by atoms with E-state index >= 15 is 0 Å². The molecule has 0 bridgehead atoms. The highest BCUT2D eigenvalue weighted by Gasteiger charge is 2.10. The number of nitrogens with zero attached hydrogens (tertiary/aromatic N) is 2. The summed E-state index contributed by atoms with van der Waals surface area (Å²) >= 11 is 0. The fraction of sp³-hybridized carbons (Fsp3) is 1.00. The fourth-order valence-corrected chi connectivity index (χ4v) is 2.86. The Morgan fingerprint density at radius 3 is 1.41 bits per heavy atom. The third-order valence-electron chi connectivity index (χ3n) is 4.00. The Hall–Kier alpha value is -0.120. The van der Waals surface area contributed by atoms with Gasteiger partial charge in [-0.25, -0.2) is 0 Å². The summed E-state index contributed by atoms with van der Waals surface area (Å²) in [6, 6.07) is 0.